The number of amides is 2. The average Bonchev–Trinajstić information content (AvgIpc) is 3.25. The molecule has 0 saturated heterocycles. The van der Waals surface area contributed by atoms with E-state index in [-0.39, 0.29) is 27.2 Å². The van der Waals surface area contributed by atoms with E-state index in [1.165, 1.54) is 17.4 Å². The van der Waals surface area contributed by atoms with Gasteiger partial charge in [0.05, 0.1) is 32.5 Å². The minimum atomic E-state index is -0.751. The van der Waals surface area contributed by atoms with Gasteiger partial charge in [-0.3, -0.25) is 9.59 Å². The lowest BCUT2D eigenvalue weighted by atomic mass is 10.1. The molecule has 0 spiro atoms. The molecular formula is C20H14Cl2N2O4S. The first-order valence-electron chi connectivity index (χ1n) is 8.29. The van der Waals surface area contributed by atoms with E-state index in [4.69, 9.17) is 27.9 Å². The molecule has 3 aromatic rings. The SMILES string of the molecule is O=C(COC(=O)c1ccccc1NC(=O)c1ccsc1)Nc1cccc(Cl)c1Cl. The van der Waals surface area contributed by atoms with Gasteiger partial charge in [-0.05, 0) is 35.7 Å². The third kappa shape index (κ3) is 5.35. The van der Waals surface area contributed by atoms with Crippen LogP contribution in [0.25, 0.3) is 0 Å². The molecule has 0 bridgehead atoms. The third-order valence-corrected chi connectivity index (χ3v) is 5.24. The topological polar surface area (TPSA) is 84.5 Å². The summed E-state index contributed by atoms with van der Waals surface area (Å²) in [5, 5.41) is 9.14. The molecule has 3 rings (SSSR count). The highest BCUT2D eigenvalue weighted by Gasteiger charge is 2.17. The number of benzene rings is 2. The maximum Gasteiger partial charge on any atom is 0.340 e. The van der Waals surface area contributed by atoms with Crippen molar-refractivity contribution >= 4 is 63.7 Å². The zero-order valence-corrected chi connectivity index (χ0v) is 17.1. The Balaban J connectivity index is 1.63. The van der Waals surface area contributed by atoms with Crippen molar-refractivity contribution in [2.45, 2.75) is 0 Å². The summed E-state index contributed by atoms with van der Waals surface area (Å²) in [6.45, 7) is -0.533. The number of carbonyl (C=O) groups excluding carboxylic acids is 3. The van der Waals surface area contributed by atoms with Crippen LogP contribution in [0.4, 0.5) is 11.4 Å². The average molecular weight is 449 g/mol. The van der Waals surface area contributed by atoms with Gasteiger partial charge in [0.25, 0.3) is 11.8 Å². The number of halogens is 2. The first-order valence-corrected chi connectivity index (χ1v) is 9.99. The highest BCUT2D eigenvalue weighted by molar-refractivity contribution is 7.08. The van der Waals surface area contributed by atoms with Crippen molar-refractivity contribution in [1.29, 1.82) is 0 Å². The summed E-state index contributed by atoms with van der Waals surface area (Å²) in [5.74, 6) is -1.68. The molecular weight excluding hydrogens is 435 g/mol. The molecule has 9 heteroatoms. The second-order valence-corrected chi connectivity index (χ2v) is 7.30. The lowest BCUT2D eigenvalue weighted by Crippen LogP contribution is -2.22. The molecule has 6 nitrogen and oxygen atoms in total. The van der Waals surface area contributed by atoms with Crippen molar-refractivity contribution in [3.05, 3.63) is 80.5 Å². The first-order chi connectivity index (χ1) is 14.0. The maximum atomic E-state index is 12.4. The standard InChI is InChI=1S/C20H14Cl2N2O4S/c21-14-5-3-7-16(18(14)22)23-17(25)10-28-20(27)13-4-1-2-6-15(13)24-19(26)12-8-9-29-11-12/h1-9,11H,10H2,(H,23,25)(H,24,26). The van der Waals surface area contributed by atoms with Crippen LogP contribution in [0.1, 0.15) is 20.7 Å². The van der Waals surface area contributed by atoms with Crippen LogP contribution in [-0.4, -0.2) is 24.4 Å². The number of anilines is 2. The second kappa shape index (κ2) is 9.56. The summed E-state index contributed by atoms with van der Waals surface area (Å²) in [7, 11) is 0. The minimum Gasteiger partial charge on any atom is -0.452 e. The Labute approximate surface area is 180 Å². The molecule has 2 aromatic carbocycles. The number of carbonyl (C=O) groups is 3. The van der Waals surface area contributed by atoms with Crippen molar-refractivity contribution in [3.8, 4) is 0 Å². The van der Waals surface area contributed by atoms with Crippen molar-refractivity contribution in [3.63, 3.8) is 0 Å². The Bertz CT molecular complexity index is 1050. The van der Waals surface area contributed by atoms with Crippen LogP contribution in [0.2, 0.25) is 10.0 Å². The van der Waals surface area contributed by atoms with Crippen molar-refractivity contribution in [1.82, 2.24) is 0 Å². The molecule has 0 atom stereocenters. The van der Waals surface area contributed by atoms with Gasteiger partial charge in [-0.1, -0.05) is 41.4 Å². The van der Waals surface area contributed by atoms with Gasteiger partial charge in [0.2, 0.25) is 0 Å². The number of ether oxygens (including phenoxy) is 1. The molecule has 148 valence electrons. The zero-order chi connectivity index (χ0) is 20.8. The predicted molar refractivity (Wildman–Crippen MR) is 114 cm³/mol. The lowest BCUT2D eigenvalue weighted by molar-refractivity contribution is -0.119. The molecule has 0 aliphatic heterocycles. The van der Waals surface area contributed by atoms with Gasteiger partial charge in [0.1, 0.15) is 0 Å². The van der Waals surface area contributed by atoms with Gasteiger partial charge in [-0.25, -0.2) is 4.79 Å². The predicted octanol–water partition coefficient (Wildman–Crippen LogP) is 5.10. The van der Waals surface area contributed by atoms with Crippen molar-refractivity contribution < 1.29 is 19.1 Å². The first kappa shape index (κ1) is 20.9. The van der Waals surface area contributed by atoms with Crippen LogP contribution in [0, 0.1) is 0 Å². The summed E-state index contributed by atoms with van der Waals surface area (Å²) in [6.07, 6.45) is 0. The highest BCUT2D eigenvalue weighted by atomic mass is 35.5. The fourth-order valence-corrected chi connectivity index (χ4v) is 3.34. The fourth-order valence-electron chi connectivity index (χ4n) is 2.35. The van der Waals surface area contributed by atoms with Crippen LogP contribution < -0.4 is 10.6 Å². The summed E-state index contributed by atoms with van der Waals surface area (Å²) < 4.78 is 5.07. The minimum absolute atomic E-state index is 0.129. The molecule has 1 heterocycles. The number of nitrogens with one attached hydrogen (secondary N) is 2. The quantitative estimate of drug-likeness (QED) is 0.513. The number of hydrogen-bond donors (Lipinski definition) is 2. The Kier molecular flexibility index (Phi) is 6.87. The van der Waals surface area contributed by atoms with Crippen LogP contribution in [0.15, 0.2) is 59.3 Å². The van der Waals surface area contributed by atoms with E-state index in [2.05, 4.69) is 10.6 Å². The van der Waals surface area contributed by atoms with Gasteiger partial charge in [-0.15, -0.1) is 0 Å². The zero-order valence-electron chi connectivity index (χ0n) is 14.8. The van der Waals surface area contributed by atoms with Gasteiger partial charge < -0.3 is 15.4 Å². The van der Waals surface area contributed by atoms with Gasteiger partial charge in [0, 0.05) is 5.38 Å². The Morgan fingerprint density at radius 2 is 1.69 bits per heavy atom. The van der Waals surface area contributed by atoms with Crippen molar-refractivity contribution in [2.24, 2.45) is 0 Å². The van der Waals surface area contributed by atoms with Crippen LogP contribution in [0.3, 0.4) is 0 Å². The van der Waals surface area contributed by atoms with Crippen LogP contribution in [0.5, 0.6) is 0 Å². The number of thiophene rings is 1. The fraction of sp³-hybridized carbons (Fsp3) is 0.0500. The Morgan fingerprint density at radius 1 is 0.931 bits per heavy atom. The molecule has 0 radical (unpaired) electrons. The van der Waals surface area contributed by atoms with E-state index >= 15 is 0 Å². The molecule has 29 heavy (non-hydrogen) atoms. The Hall–Kier alpha value is -2.87. The maximum absolute atomic E-state index is 12.4. The van der Waals surface area contributed by atoms with E-state index < -0.39 is 18.5 Å². The summed E-state index contributed by atoms with van der Waals surface area (Å²) in [4.78, 5) is 36.7. The van der Waals surface area contributed by atoms with E-state index in [1.807, 2.05) is 0 Å². The molecule has 1 aromatic heterocycles. The number of esters is 1. The number of hydrogen-bond acceptors (Lipinski definition) is 5. The second-order valence-electron chi connectivity index (χ2n) is 5.74. The Morgan fingerprint density at radius 3 is 2.45 bits per heavy atom. The third-order valence-electron chi connectivity index (χ3n) is 3.74. The number of para-hydroxylation sites is 1. The monoisotopic (exact) mass is 448 g/mol. The summed E-state index contributed by atoms with van der Waals surface area (Å²) >= 11 is 13.3. The summed E-state index contributed by atoms with van der Waals surface area (Å²) in [5.41, 5.74) is 1.20. The van der Waals surface area contributed by atoms with Gasteiger partial charge in [-0.2, -0.15) is 11.3 Å². The van der Waals surface area contributed by atoms with Gasteiger partial charge in [0.15, 0.2) is 6.61 Å². The molecule has 2 N–H and O–H groups in total. The molecule has 0 unspecified atom stereocenters. The normalized spacial score (nSPS) is 10.3. The lowest BCUT2D eigenvalue weighted by Gasteiger charge is -2.11. The summed E-state index contributed by atoms with van der Waals surface area (Å²) in [6, 6.07) is 12.8. The largest absolute Gasteiger partial charge is 0.452 e. The number of rotatable bonds is 6. The van der Waals surface area contributed by atoms with Crippen molar-refractivity contribution in [2.75, 3.05) is 17.2 Å². The highest BCUT2D eigenvalue weighted by Crippen LogP contribution is 2.29. The molecule has 0 aliphatic carbocycles. The molecule has 0 saturated carbocycles. The molecule has 0 fully saturated rings. The van der Waals surface area contributed by atoms with E-state index in [0.29, 0.717) is 11.3 Å². The van der Waals surface area contributed by atoms with Gasteiger partial charge >= 0.3 is 5.97 Å². The molecule has 2 amide bonds. The van der Waals surface area contributed by atoms with Crippen LogP contribution >= 0.6 is 34.5 Å². The van der Waals surface area contributed by atoms with E-state index in [9.17, 15) is 14.4 Å². The van der Waals surface area contributed by atoms with E-state index in [0.717, 1.165) is 0 Å². The smallest absolute Gasteiger partial charge is 0.340 e. The van der Waals surface area contributed by atoms with Crippen LogP contribution in [-0.2, 0) is 9.53 Å². The van der Waals surface area contributed by atoms with E-state index in [1.54, 1.807) is 53.2 Å². The molecule has 0 aliphatic rings.